The van der Waals surface area contributed by atoms with Gasteiger partial charge in [-0.15, -0.1) is 0 Å². The molecule has 20 heavy (non-hydrogen) atoms. The Kier molecular flexibility index (Phi) is 4.42. The second-order valence-electron chi connectivity index (χ2n) is 4.02. The number of hydrogen-bond donors (Lipinski definition) is 1. The molecule has 0 amide bonds. The Labute approximate surface area is 124 Å². The molecule has 0 saturated carbocycles. The molecule has 0 bridgehead atoms. The number of nitro groups is 1. The Balaban J connectivity index is 2.10. The van der Waals surface area contributed by atoms with Gasteiger partial charge in [-0.3, -0.25) is 10.1 Å². The van der Waals surface area contributed by atoms with E-state index in [-0.39, 0.29) is 11.4 Å². The molecule has 0 heterocycles. The predicted octanol–water partition coefficient (Wildman–Crippen LogP) is 4.65. The molecule has 104 valence electrons. The van der Waals surface area contributed by atoms with Crippen LogP contribution in [0.15, 0.2) is 36.4 Å². The normalized spacial score (nSPS) is 10.3. The van der Waals surface area contributed by atoms with Crippen molar-refractivity contribution in [3.8, 4) is 0 Å². The topological polar surface area (TPSA) is 55.2 Å². The van der Waals surface area contributed by atoms with E-state index in [1.54, 1.807) is 18.2 Å². The summed E-state index contributed by atoms with van der Waals surface area (Å²) in [6.45, 7) is 0.325. The quantitative estimate of drug-likeness (QED) is 0.660. The van der Waals surface area contributed by atoms with Crippen molar-refractivity contribution >= 4 is 34.6 Å². The average Bonchev–Trinajstić information content (AvgIpc) is 2.41. The summed E-state index contributed by atoms with van der Waals surface area (Å²) in [7, 11) is 0. The lowest BCUT2D eigenvalue weighted by Crippen LogP contribution is -2.02. The molecule has 0 aliphatic rings. The number of non-ortho nitro benzene ring substituents is 1. The third-order valence-electron chi connectivity index (χ3n) is 2.63. The monoisotopic (exact) mass is 314 g/mol. The maximum absolute atomic E-state index is 13.6. The summed E-state index contributed by atoms with van der Waals surface area (Å²) >= 11 is 11.7. The minimum absolute atomic E-state index is 0.182. The molecule has 0 aliphatic heterocycles. The Bertz CT molecular complexity index is 665. The van der Waals surface area contributed by atoms with E-state index in [4.69, 9.17) is 23.2 Å². The number of anilines is 1. The zero-order valence-corrected chi connectivity index (χ0v) is 11.6. The number of halogens is 3. The van der Waals surface area contributed by atoms with Gasteiger partial charge < -0.3 is 5.32 Å². The Morgan fingerprint density at radius 2 is 1.90 bits per heavy atom. The molecule has 0 spiro atoms. The summed E-state index contributed by atoms with van der Waals surface area (Å²) < 4.78 is 13.6. The van der Waals surface area contributed by atoms with Crippen LogP contribution in [0.25, 0.3) is 0 Å². The summed E-state index contributed by atoms with van der Waals surface area (Å²) in [5, 5.41) is 14.2. The lowest BCUT2D eigenvalue weighted by Gasteiger charge is -2.08. The first-order valence-electron chi connectivity index (χ1n) is 5.59. The van der Waals surface area contributed by atoms with E-state index in [0.29, 0.717) is 16.6 Å². The maximum atomic E-state index is 13.6. The lowest BCUT2D eigenvalue weighted by atomic mass is 10.2. The molecular formula is C13H9Cl2FN2O2. The van der Waals surface area contributed by atoms with E-state index >= 15 is 0 Å². The molecule has 0 atom stereocenters. The second-order valence-corrected chi connectivity index (χ2v) is 4.84. The molecule has 2 aromatic carbocycles. The van der Waals surface area contributed by atoms with Crippen LogP contribution in [0, 0.1) is 15.9 Å². The summed E-state index contributed by atoms with van der Waals surface area (Å²) in [6.07, 6.45) is 0. The zero-order valence-electron chi connectivity index (χ0n) is 10.1. The molecule has 0 aliphatic carbocycles. The van der Waals surface area contributed by atoms with E-state index in [1.165, 1.54) is 12.1 Å². The van der Waals surface area contributed by atoms with E-state index in [1.807, 2.05) is 0 Å². The summed E-state index contributed by atoms with van der Waals surface area (Å²) in [6, 6.07) is 8.50. The second kappa shape index (κ2) is 6.07. The van der Waals surface area contributed by atoms with Gasteiger partial charge in [0.25, 0.3) is 5.69 Å². The molecular weight excluding hydrogens is 306 g/mol. The Morgan fingerprint density at radius 1 is 1.15 bits per heavy atom. The van der Waals surface area contributed by atoms with Gasteiger partial charge in [0.1, 0.15) is 0 Å². The van der Waals surface area contributed by atoms with Gasteiger partial charge in [0.2, 0.25) is 0 Å². The average molecular weight is 315 g/mol. The fourth-order valence-electron chi connectivity index (χ4n) is 1.61. The number of nitro benzene ring substituents is 1. The molecule has 1 N–H and O–H groups in total. The van der Waals surface area contributed by atoms with Gasteiger partial charge in [-0.25, -0.2) is 4.39 Å². The highest BCUT2D eigenvalue weighted by atomic mass is 35.5. The van der Waals surface area contributed by atoms with Gasteiger partial charge in [0, 0.05) is 12.6 Å². The largest absolute Gasteiger partial charge is 0.379 e. The predicted molar refractivity (Wildman–Crippen MR) is 76.8 cm³/mol. The molecule has 0 fully saturated rings. The van der Waals surface area contributed by atoms with Crippen LogP contribution in [0.4, 0.5) is 15.8 Å². The van der Waals surface area contributed by atoms with Gasteiger partial charge in [-0.2, -0.15) is 0 Å². The number of hydrogen-bond acceptors (Lipinski definition) is 3. The molecule has 0 saturated heterocycles. The fraction of sp³-hybridized carbons (Fsp3) is 0.0769. The summed E-state index contributed by atoms with van der Waals surface area (Å²) in [5.41, 5.74) is 0.710. The SMILES string of the molecule is O=[N+]([O-])c1ccc(NCc2ccc(Cl)c(Cl)c2)c(F)c1. The van der Waals surface area contributed by atoms with E-state index in [2.05, 4.69) is 5.32 Å². The van der Waals surface area contributed by atoms with Gasteiger partial charge in [0.15, 0.2) is 5.82 Å². The van der Waals surface area contributed by atoms with Crippen molar-refractivity contribution in [3.05, 3.63) is 67.9 Å². The molecule has 4 nitrogen and oxygen atoms in total. The van der Waals surface area contributed by atoms with Gasteiger partial charge in [-0.1, -0.05) is 29.3 Å². The number of nitrogens with one attached hydrogen (secondary N) is 1. The number of benzene rings is 2. The van der Waals surface area contributed by atoms with Crippen molar-refractivity contribution in [2.24, 2.45) is 0 Å². The van der Waals surface area contributed by atoms with Crippen molar-refractivity contribution in [2.75, 3.05) is 5.32 Å². The maximum Gasteiger partial charge on any atom is 0.272 e. The smallest absolute Gasteiger partial charge is 0.272 e. The Hall–Kier alpha value is -1.85. The van der Waals surface area contributed by atoms with Crippen LogP contribution in [0.2, 0.25) is 10.0 Å². The van der Waals surface area contributed by atoms with Crippen LogP contribution in [0.3, 0.4) is 0 Å². The first kappa shape index (κ1) is 14.6. The highest BCUT2D eigenvalue weighted by Gasteiger charge is 2.10. The van der Waals surface area contributed by atoms with Gasteiger partial charge in [-0.05, 0) is 23.8 Å². The van der Waals surface area contributed by atoms with E-state index in [0.717, 1.165) is 11.6 Å². The Morgan fingerprint density at radius 3 is 2.50 bits per heavy atom. The van der Waals surface area contributed by atoms with Gasteiger partial charge in [0.05, 0.1) is 26.7 Å². The minimum Gasteiger partial charge on any atom is -0.379 e. The van der Waals surface area contributed by atoms with Crippen molar-refractivity contribution in [2.45, 2.75) is 6.54 Å². The molecule has 2 rings (SSSR count). The van der Waals surface area contributed by atoms with Crippen LogP contribution in [0.5, 0.6) is 0 Å². The first-order chi connectivity index (χ1) is 9.47. The fourth-order valence-corrected chi connectivity index (χ4v) is 1.93. The molecule has 2 aromatic rings. The van der Waals surface area contributed by atoms with Crippen LogP contribution >= 0.6 is 23.2 Å². The van der Waals surface area contributed by atoms with E-state index < -0.39 is 10.7 Å². The number of nitrogens with zero attached hydrogens (tertiary/aromatic N) is 1. The highest BCUT2D eigenvalue weighted by Crippen LogP contribution is 2.24. The van der Waals surface area contributed by atoms with Crippen LogP contribution in [-0.4, -0.2) is 4.92 Å². The van der Waals surface area contributed by atoms with Crippen molar-refractivity contribution < 1.29 is 9.31 Å². The summed E-state index contributed by atoms with van der Waals surface area (Å²) in [4.78, 5) is 9.86. The van der Waals surface area contributed by atoms with Crippen molar-refractivity contribution in [3.63, 3.8) is 0 Å². The molecule has 0 unspecified atom stereocenters. The molecule has 0 radical (unpaired) electrons. The van der Waals surface area contributed by atoms with Crippen LogP contribution < -0.4 is 5.32 Å². The van der Waals surface area contributed by atoms with Crippen molar-refractivity contribution in [1.82, 2.24) is 0 Å². The third kappa shape index (κ3) is 3.37. The third-order valence-corrected chi connectivity index (χ3v) is 3.37. The minimum atomic E-state index is -0.681. The molecule has 7 heteroatoms. The first-order valence-corrected chi connectivity index (χ1v) is 6.34. The van der Waals surface area contributed by atoms with E-state index in [9.17, 15) is 14.5 Å². The lowest BCUT2D eigenvalue weighted by molar-refractivity contribution is -0.385. The molecule has 0 aromatic heterocycles. The van der Waals surface area contributed by atoms with Gasteiger partial charge >= 0.3 is 0 Å². The highest BCUT2D eigenvalue weighted by molar-refractivity contribution is 6.42. The zero-order chi connectivity index (χ0) is 14.7. The van der Waals surface area contributed by atoms with Crippen molar-refractivity contribution in [1.29, 1.82) is 0 Å². The number of rotatable bonds is 4. The van der Waals surface area contributed by atoms with Crippen LogP contribution in [0.1, 0.15) is 5.56 Å². The standard InChI is InChI=1S/C13H9Cl2FN2O2/c14-10-3-1-8(5-11(10)15)7-17-13-4-2-9(18(19)20)6-12(13)16/h1-6,17H,7H2. The van der Waals surface area contributed by atoms with Crippen LogP contribution in [-0.2, 0) is 6.54 Å². The summed E-state index contributed by atoms with van der Waals surface area (Å²) in [5.74, 6) is -0.681.